The monoisotopic (exact) mass is 411 g/mol. The Balaban J connectivity index is 1.43. The lowest BCUT2D eigenvalue weighted by Crippen LogP contribution is -2.36. The van der Waals surface area contributed by atoms with Crippen LogP contribution < -0.4 is 16.0 Å². The van der Waals surface area contributed by atoms with E-state index in [9.17, 15) is 14.0 Å². The molecule has 1 aromatic heterocycles. The Bertz CT molecular complexity index is 1020. The first-order valence-electron chi connectivity index (χ1n) is 9.45. The number of benzene rings is 2. The first-order valence-corrected chi connectivity index (χ1v) is 9.45. The number of carbonyl (C=O) groups excluding carboxylic acids is 2. The maximum Gasteiger partial charge on any atom is 0.319 e. The van der Waals surface area contributed by atoms with E-state index >= 15 is 0 Å². The molecule has 30 heavy (non-hydrogen) atoms. The van der Waals surface area contributed by atoms with Gasteiger partial charge in [-0.25, -0.2) is 9.18 Å². The van der Waals surface area contributed by atoms with Gasteiger partial charge in [0.15, 0.2) is 5.82 Å². The number of carbonyl (C=O) groups is 2. The van der Waals surface area contributed by atoms with E-state index in [1.54, 1.807) is 24.3 Å². The topological polar surface area (TPSA) is 109 Å². The van der Waals surface area contributed by atoms with Gasteiger partial charge in [-0.1, -0.05) is 25.1 Å². The first kappa shape index (κ1) is 21.0. The summed E-state index contributed by atoms with van der Waals surface area (Å²) in [4.78, 5) is 28.2. The van der Waals surface area contributed by atoms with Crippen molar-refractivity contribution in [3.8, 4) is 11.5 Å². The predicted molar refractivity (Wildman–Crippen MR) is 110 cm³/mol. The molecule has 0 saturated heterocycles. The van der Waals surface area contributed by atoms with Gasteiger partial charge in [-0.15, -0.1) is 0 Å². The smallest absolute Gasteiger partial charge is 0.319 e. The van der Waals surface area contributed by atoms with Crippen molar-refractivity contribution in [1.82, 2.24) is 20.8 Å². The lowest BCUT2D eigenvalue weighted by molar-refractivity contribution is 0.0953. The molecule has 3 aromatic rings. The summed E-state index contributed by atoms with van der Waals surface area (Å²) in [5, 5.41) is 11.9. The molecule has 2 aromatic carbocycles. The molecule has 0 radical (unpaired) electrons. The third kappa shape index (κ3) is 5.63. The molecule has 156 valence electrons. The molecular formula is C21H22FN5O3. The molecule has 9 heteroatoms. The standard InChI is InChI=1S/C21H22FN5O3/c1-13(2)18-26-20(30-27-18)14-6-8-17(9-7-14)25-21(29)24-11-10-23-19(28)15-4-3-5-16(22)12-15/h3-9,12-13H,10-11H2,1-2H3,(H,23,28)(H2,24,25,29). The minimum absolute atomic E-state index is 0.172. The van der Waals surface area contributed by atoms with Gasteiger partial charge >= 0.3 is 6.03 Å². The average Bonchev–Trinajstić information content (AvgIpc) is 3.22. The van der Waals surface area contributed by atoms with Gasteiger partial charge in [-0.05, 0) is 42.5 Å². The molecule has 0 bridgehead atoms. The van der Waals surface area contributed by atoms with Crippen molar-refractivity contribution in [1.29, 1.82) is 0 Å². The maximum absolute atomic E-state index is 13.1. The number of amides is 3. The van der Waals surface area contributed by atoms with Gasteiger partial charge in [-0.3, -0.25) is 4.79 Å². The number of rotatable bonds is 7. The van der Waals surface area contributed by atoms with Crippen molar-refractivity contribution in [3.63, 3.8) is 0 Å². The fourth-order valence-electron chi connectivity index (χ4n) is 2.54. The second kappa shape index (κ2) is 9.64. The molecule has 3 N–H and O–H groups in total. The lowest BCUT2D eigenvalue weighted by Gasteiger charge is -2.09. The Morgan fingerprint density at radius 3 is 2.47 bits per heavy atom. The van der Waals surface area contributed by atoms with Gasteiger partial charge in [0, 0.05) is 35.8 Å². The number of aromatic nitrogens is 2. The Kier molecular flexibility index (Phi) is 6.74. The molecule has 8 nitrogen and oxygen atoms in total. The summed E-state index contributed by atoms with van der Waals surface area (Å²) in [6.45, 7) is 4.38. The minimum atomic E-state index is -0.481. The van der Waals surface area contributed by atoms with E-state index < -0.39 is 17.8 Å². The molecule has 1 heterocycles. The highest BCUT2D eigenvalue weighted by atomic mass is 19.1. The fraction of sp³-hybridized carbons (Fsp3) is 0.238. The van der Waals surface area contributed by atoms with Crippen LogP contribution in [0.1, 0.15) is 35.9 Å². The fourth-order valence-corrected chi connectivity index (χ4v) is 2.54. The molecule has 0 atom stereocenters. The highest BCUT2D eigenvalue weighted by Gasteiger charge is 2.12. The van der Waals surface area contributed by atoms with Crippen LogP contribution in [0.5, 0.6) is 0 Å². The number of hydrogen-bond donors (Lipinski definition) is 3. The van der Waals surface area contributed by atoms with E-state index in [4.69, 9.17) is 4.52 Å². The number of nitrogens with zero attached hydrogens (tertiary/aromatic N) is 2. The van der Waals surface area contributed by atoms with Crippen LogP contribution in [-0.2, 0) is 0 Å². The quantitative estimate of drug-likeness (QED) is 0.515. The van der Waals surface area contributed by atoms with Crippen LogP contribution in [0.25, 0.3) is 11.5 Å². The van der Waals surface area contributed by atoms with Gasteiger partial charge in [-0.2, -0.15) is 4.98 Å². The Hall–Kier alpha value is -3.75. The molecule has 0 aliphatic carbocycles. The van der Waals surface area contributed by atoms with Crippen molar-refractivity contribution < 1.29 is 18.5 Å². The number of nitrogens with one attached hydrogen (secondary N) is 3. The summed E-state index contributed by atoms with van der Waals surface area (Å²) in [6.07, 6.45) is 0. The molecule has 0 aliphatic heterocycles. The molecular weight excluding hydrogens is 389 g/mol. The zero-order valence-electron chi connectivity index (χ0n) is 16.6. The van der Waals surface area contributed by atoms with Crippen LogP contribution in [0.2, 0.25) is 0 Å². The predicted octanol–water partition coefficient (Wildman–Crippen LogP) is 3.55. The van der Waals surface area contributed by atoms with Crippen molar-refractivity contribution in [2.75, 3.05) is 18.4 Å². The second-order valence-electron chi connectivity index (χ2n) is 6.84. The molecule has 3 amide bonds. The average molecular weight is 411 g/mol. The molecule has 0 aliphatic rings. The largest absolute Gasteiger partial charge is 0.350 e. The summed E-state index contributed by atoms with van der Waals surface area (Å²) >= 11 is 0. The van der Waals surface area contributed by atoms with Crippen molar-refractivity contribution in [2.45, 2.75) is 19.8 Å². The molecule has 0 spiro atoms. The van der Waals surface area contributed by atoms with Gasteiger partial charge in [0.05, 0.1) is 0 Å². The van der Waals surface area contributed by atoms with Crippen LogP contribution in [0.4, 0.5) is 14.9 Å². The van der Waals surface area contributed by atoms with E-state index in [1.165, 1.54) is 18.2 Å². The van der Waals surface area contributed by atoms with Gasteiger partial charge in [0.25, 0.3) is 11.8 Å². The minimum Gasteiger partial charge on any atom is -0.350 e. The highest BCUT2D eigenvalue weighted by molar-refractivity contribution is 5.94. The van der Waals surface area contributed by atoms with E-state index in [0.717, 1.165) is 11.6 Å². The van der Waals surface area contributed by atoms with Crippen LogP contribution in [0.3, 0.4) is 0 Å². The van der Waals surface area contributed by atoms with E-state index in [0.29, 0.717) is 17.4 Å². The zero-order valence-corrected chi connectivity index (χ0v) is 16.6. The summed E-state index contributed by atoms with van der Waals surface area (Å²) < 4.78 is 18.4. The van der Waals surface area contributed by atoms with Crippen LogP contribution >= 0.6 is 0 Å². The summed E-state index contributed by atoms with van der Waals surface area (Å²) in [7, 11) is 0. The second-order valence-corrected chi connectivity index (χ2v) is 6.84. The number of hydrogen-bond acceptors (Lipinski definition) is 5. The van der Waals surface area contributed by atoms with E-state index in [2.05, 4.69) is 26.1 Å². The Morgan fingerprint density at radius 1 is 1.07 bits per heavy atom. The van der Waals surface area contributed by atoms with Crippen molar-refractivity contribution in [2.24, 2.45) is 0 Å². The SMILES string of the molecule is CC(C)c1noc(-c2ccc(NC(=O)NCCNC(=O)c3cccc(F)c3)cc2)n1. The van der Waals surface area contributed by atoms with Gasteiger partial charge in [0.2, 0.25) is 0 Å². The summed E-state index contributed by atoms with van der Waals surface area (Å²) in [5.41, 5.74) is 1.56. The third-order valence-corrected chi connectivity index (χ3v) is 4.13. The van der Waals surface area contributed by atoms with E-state index in [-0.39, 0.29) is 24.6 Å². The van der Waals surface area contributed by atoms with Gasteiger partial charge < -0.3 is 20.5 Å². The van der Waals surface area contributed by atoms with Gasteiger partial charge in [0.1, 0.15) is 5.82 Å². The number of halogens is 1. The molecule has 0 fully saturated rings. The number of anilines is 1. The van der Waals surface area contributed by atoms with Crippen molar-refractivity contribution in [3.05, 3.63) is 65.7 Å². The third-order valence-electron chi connectivity index (χ3n) is 4.13. The highest BCUT2D eigenvalue weighted by Crippen LogP contribution is 2.21. The zero-order chi connectivity index (χ0) is 21.5. The maximum atomic E-state index is 13.1. The van der Waals surface area contributed by atoms with Crippen LogP contribution in [-0.4, -0.2) is 35.2 Å². The van der Waals surface area contributed by atoms with Crippen LogP contribution in [0.15, 0.2) is 53.1 Å². The molecule has 0 saturated carbocycles. The van der Waals surface area contributed by atoms with E-state index in [1.807, 2.05) is 13.8 Å². The van der Waals surface area contributed by atoms with Crippen LogP contribution in [0, 0.1) is 5.82 Å². The Morgan fingerprint density at radius 2 is 1.80 bits per heavy atom. The first-order chi connectivity index (χ1) is 14.4. The summed E-state index contributed by atoms with van der Waals surface area (Å²) in [6, 6.07) is 12.0. The molecule has 0 unspecified atom stereocenters. The molecule has 3 rings (SSSR count). The van der Waals surface area contributed by atoms with Crippen molar-refractivity contribution >= 4 is 17.6 Å². The summed E-state index contributed by atoms with van der Waals surface area (Å²) in [5.74, 6) is 0.338. The normalized spacial score (nSPS) is 10.7. The Labute approximate surface area is 172 Å². The number of urea groups is 1. The lowest BCUT2D eigenvalue weighted by atomic mass is 10.2.